The second-order valence-electron chi connectivity index (χ2n) is 5.21. The highest BCUT2D eigenvalue weighted by molar-refractivity contribution is 5.76. The summed E-state index contributed by atoms with van der Waals surface area (Å²) < 4.78 is 3.30. The molecule has 0 aliphatic rings. The molecule has 2 aromatic heterocycles. The standard InChI is InChI=1S/C14H20N6O3/c1-4-18-12(5-7-15-18)10(2)17-14(21)6-8-19-11(3)13(9-16-19)20(22)23/h5,7,9-10H,4,6,8H2,1-3H3,(H,17,21). The highest BCUT2D eigenvalue weighted by Crippen LogP contribution is 2.16. The number of rotatable bonds is 7. The van der Waals surface area contributed by atoms with Gasteiger partial charge in [0.1, 0.15) is 11.9 Å². The number of carbonyl (C=O) groups is 1. The quantitative estimate of drug-likeness (QED) is 0.615. The summed E-state index contributed by atoms with van der Waals surface area (Å²) in [6, 6.07) is 1.72. The summed E-state index contributed by atoms with van der Waals surface area (Å²) in [6.07, 6.45) is 3.10. The van der Waals surface area contributed by atoms with E-state index in [2.05, 4.69) is 15.5 Å². The monoisotopic (exact) mass is 320 g/mol. The van der Waals surface area contributed by atoms with Gasteiger partial charge in [0.25, 0.3) is 0 Å². The lowest BCUT2D eigenvalue weighted by atomic mass is 10.2. The van der Waals surface area contributed by atoms with Crippen LogP contribution in [0.4, 0.5) is 5.69 Å². The zero-order chi connectivity index (χ0) is 17.0. The van der Waals surface area contributed by atoms with E-state index >= 15 is 0 Å². The molecule has 9 nitrogen and oxygen atoms in total. The first-order valence-corrected chi connectivity index (χ1v) is 7.41. The van der Waals surface area contributed by atoms with Crippen LogP contribution in [0.5, 0.6) is 0 Å². The molecule has 0 aromatic carbocycles. The largest absolute Gasteiger partial charge is 0.348 e. The van der Waals surface area contributed by atoms with E-state index in [1.54, 1.807) is 13.1 Å². The van der Waals surface area contributed by atoms with Crippen molar-refractivity contribution in [2.75, 3.05) is 0 Å². The molecule has 2 heterocycles. The molecule has 0 bridgehead atoms. The van der Waals surface area contributed by atoms with Gasteiger partial charge in [-0.2, -0.15) is 10.2 Å². The van der Waals surface area contributed by atoms with E-state index in [1.165, 1.54) is 10.9 Å². The molecule has 1 atom stereocenters. The Morgan fingerprint density at radius 2 is 2.17 bits per heavy atom. The molecule has 0 spiro atoms. The minimum Gasteiger partial charge on any atom is -0.348 e. The van der Waals surface area contributed by atoms with Crippen molar-refractivity contribution in [3.63, 3.8) is 0 Å². The first-order valence-electron chi connectivity index (χ1n) is 7.41. The smallest absolute Gasteiger partial charge is 0.309 e. The Morgan fingerprint density at radius 1 is 1.43 bits per heavy atom. The highest BCUT2D eigenvalue weighted by Gasteiger charge is 2.18. The van der Waals surface area contributed by atoms with Crippen molar-refractivity contribution >= 4 is 11.6 Å². The lowest BCUT2D eigenvalue weighted by Gasteiger charge is -2.15. The molecule has 0 saturated heterocycles. The van der Waals surface area contributed by atoms with E-state index in [4.69, 9.17) is 0 Å². The Kier molecular flexibility index (Phi) is 5.09. The van der Waals surface area contributed by atoms with Gasteiger partial charge in [0.15, 0.2) is 0 Å². The Hall–Kier alpha value is -2.71. The molecular formula is C14H20N6O3. The molecule has 124 valence electrons. The molecule has 0 aliphatic carbocycles. The SMILES string of the molecule is CCn1nccc1C(C)NC(=O)CCn1ncc([N+](=O)[O-])c1C. The number of hydrogen-bond acceptors (Lipinski definition) is 5. The molecule has 0 aliphatic heterocycles. The first-order chi connectivity index (χ1) is 10.9. The van der Waals surface area contributed by atoms with E-state index in [-0.39, 0.29) is 24.1 Å². The van der Waals surface area contributed by atoms with Crippen LogP contribution in [0.1, 0.15) is 37.7 Å². The average Bonchev–Trinajstić information content (AvgIpc) is 3.11. The summed E-state index contributed by atoms with van der Waals surface area (Å²) in [7, 11) is 0. The summed E-state index contributed by atoms with van der Waals surface area (Å²) in [6.45, 7) is 6.53. The van der Waals surface area contributed by atoms with Crippen molar-refractivity contribution in [3.05, 3.63) is 40.0 Å². The van der Waals surface area contributed by atoms with Crippen molar-refractivity contribution in [2.24, 2.45) is 0 Å². The van der Waals surface area contributed by atoms with Crippen molar-refractivity contribution < 1.29 is 9.72 Å². The Balaban J connectivity index is 1.91. The Morgan fingerprint density at radius 3 is 2.78 bits per heavy atom. The molecule has 1 N–H and O–H groups in total. The van der Waals surface area contributed by atoms with Crippen LogP contribution in [-0.2, 0) is 17.9 Å². The van der Waals surface area contributed by atoms with Gasteiger partial charge in [-0.05, 0) is 26.8 Å². The van der Waals surface area contributed by atoms with Gasteiger partial charge in [-0.1, -0.05) is 0 Å². The van der Waals surface area contributed by atoms with Crippen molar-refractivity contribution in [1.82, 2.24) is 24.9 Å². The minimum atomic E-state index is -0.479. The van der Waals surface area contributed by atoms with Crippen LogP contribution < -0.4 is 5.32 Å². The summed E-state index contributed by atoms with van der Waals surface area (Å²) in [5, 5.41) is 21.8. The second-order valence-corrected chi connectivity index (χ2v) is 5.21. The number of carbonyl (C=O) groups excluding carboxylic acids is 1. The summed E-state index contributed by atoms with van der Waals surface area (Å²) in [5.41, 5.74) is 1.34. The van der Waals surface area contributed by atoms with E-state index in [0.717, 1.165) is 12.2 Å². The molecule has 1 amide bonds. The number of nitrogens with one attached hydrogen (secondary N) is 1. The molecule has 0 saturated carbocycles. The van der Waals surface area contributed by atoms with Gasteiger partial charge in [0, 0.05) is 19.2 Å². The van der Waals surface area contributed by atoms with Crippen LogP contribution in [0.2, 0.25) is 0 Å². The van der Waals surface area contributed by atoms with Crippen LogP contribution in [0.15, 0.2) is 18.5 Å². The zero-order valence-electron chi connectivity index (χ0n) is 13.4. The van der Waals surface area contributed by atoms with Gasteiger partial charge in [-0.15, -0.1) is 0 Å². The van der Waals surface area contributed by atoms with Crippen molar-refractivity contribution in [1.29, 1.82) is 0 Å². The van der Waals surface area contributed by atoms with Crippen molar-refractivity contribution in [3.8, 4) is 0 Å². The van der Waals surface area contributed by atoms with Gasteiger partial charge in [0.05, 0.1) is 23.2 Å². The van der Waals surface area contributed by atoms with Gasteiger partial charge in [-0.25, -0.2) is 0 Å². The normalized spacial score (nSPS) is 12.1. The number of amides is 1. The molecule has 9 heteroatoms. The van der Waals surface area contributed by atoms with Crippen LogP contribution in [-0.4, -0.2) is 30.4 Å². The molecule has 0 radical (unpaired) electrons. The van der Waals surface area contributed by atoms with Gasteiger partial charge < -0.3 is 5.32 Å². The molecule has 2 aromatic rings. The molecule has 23 heavy (non-hydrogen) atoms. The maximum absolute atomic E-state index is 12.1. The third-order valence-electron chi connectivity index (χ3n) is 3.69. The minimum absolute atomic E-state index is 0.0365. The van der Waals surface area contributed by atoms with E-state index < -0.39 is 4.92 Å². The van der Waals surface area contributed by atoms with Gasteiger partial charge in [0.2, 0.25) is 5.91 Å². The third-order valence-corrected chi connectivity index (χ3v) is 3.69. The molecule has 2 rings (SSSR count). The number of aryl methyl sites for hydroxylation is 2. The third kappa shape index (κ3) is 3.74. The first kappa shape index (κ1) is 16.7. The fourth-order valence-electron chi connectivity index (χ4n) is 2.41. The highest BCUT2D eigenvalue weighted by atomic mass is 16.6. The Labute approximate surface area is 133 Å². The predicted octanol–water partition coefficient (Wildman–Crippen LogP) is 1.58. The fourth-order valence-corrected chi connectivity index (χ4v) is 2.41. The second kappa shape index (κ2) is 7.03. The molecule has 1 unspecified atom stereocenters. The maximum Gasteiger partial charge on any atom is 0.309 e. The summed E-state index contributed by atoms with van der Waals surface area (Å²) in [5.74, 6) is -0.140. The van der Waals surface area contributed by atoms with Crippen LogP contribution >= 0.6 is 0 Å². The van der Waals surface area contributed by atoms with Crippen LogP contribution in [0.25, 0.3) is 0 Å². The summed E-state index contributed by atoms with van der Waals surface area (Å²) >= 11 is 0. The van der Waals surface area contributed by atoms with E-state index in [1.807, 2.05) is 24.6 Å². The lowest BCUT2D eigenvalue weighted by Crippen LogP contribution is -2.29. The van der Waals surface area contributed by atoms with E-state index in [0.29, 0.717) is 12.2 Å². The van der Waals surface area contributed by atoms with Crippen LogP contribution in [0.3, 0.4) is 0 Å². The van der Waals surface area contributed by atoms with E-state index in [9.17, 15) is 14.9 Å². The lowest BCUT2D eigenvalue weighted by molar-refractivity contribution is -0.385. The number of hydrogen-bond donors (Lipinski definition) is 1. The topological polar surface area (TPSA) is 108 Å². The van der Waals surface area contributed by atoms with Gasteiger partial charge in [-0.3, -0.25) is 24.3 Å². The number of aromatic nitrogens is 4. The average molecular weight is 320 g/mol. The molecular weight excluding hydrogens is 300 g/mol. The van der Waals surface area contributed by atoms with Crippen molar-refractivity contribution in [2.45, 2.75) is 46.3 Å². The number of nitro groups is 1. The maximum atomic E-state index is 12.1. The van der Waals surface area contributed by atoms with Crippen LogP contribution in [0, 0.1) is 17.0 Å². The fraction of sp³-hybridized carbons (Fsp3) is 0.500. The zero-order valence-corrected chi connectivity index (χ0v) is 13.4. The summed E-state index contributed by atoms with van der Waals surface area (Å²) in [4.78, 5) is 22.4. The predicted molar refractivity (Wildman–Crippen MR) is 82.7 cm³/mol. The van der Waals surface area contributed by atoms with Gasteiger partial charge >= 0.3 is 5.69 Å². The Bertz CT molecular complexity index is 705. The molecule has 0 fully saturated rings. The number of nitrogens with zero attached hydrogens (tertiary/aromatic N) is 5.